The van der Waals surface area contributed by atoms with E-state index in [1.54, 1.807) is 9.58 Å². The minimum absolute atomic E-state index is 0.190. The summed E-state index contributed by atoms with van der Waals surface area (Å²) < 4.78 is 29.1. The zero-order chi connectivity index (χ0) is 22.2. The topological polar surface area (TPSA) is 140 Å². The van der Waals surface area contributed by atoms with Crippen molar-refractivity contribution in [3.05, 3.63) is 75.6 Å². The van der Waals surface area contributed by atoms with E-state index in [0.717, 1.165) is 17.5 Å². The van der Waals surface area contributed by atoms with E-state index in [9.17, 15) is 23.3 Å². The van der Waals surface area contributed by atoms with Gasteiger partial charge in [0.2, 0.25) is 0 Å². The van der Waals surface area contributed by atoms with Gasteiger partial charge < -0.3 is 4.90 Å². The molecular weight excluding hydrogens is 424 g/mol. The average Bonchev–Trinajstić information content (AvgIpc) is 3.14. The number of anilines is 1. The van der Waals surface area contributed by atoms with Gasteiger partial charge in [-0.25, -0.2) is 8.42 Å². The molecule has 2 heterocycles. The maximum atomic E-state index is 12.8. The number of nitrogens with zero attached hydrogens (tertiary/aromatic N) is 5. The Bertz CT molecular complexity index is 1270. The molecule has 1 N–H and O–H groups in total. The van der Waals surface area contributed by atoms with E-state index in [1.165, 1.54) is 42.5 Å². The Morgan fingerprint density at radius 1 is 1.19 bits per heavy atom. The molecule has 12 heteroatoms. The van der Waals surface area contributed by atoms with E-state index in [1.807, 2.05) is 7.05 Å². The van der Waals surface area contributed by atoms with Crippen LogP contribution in [0.25, 0.3) is 0 Å². The summed E-state index contributed by atoms with van der Waals surface area (Å²) in [6.45, 7) is 0.900. The Morgan fingerprint density at radius 2 is 1.94 bits per heavy atom. The smallest absolute Gasteiger partial charge is 0.270 e. The first-order valence-corrected chi connectivity index (χ1v) is 10.8. The Labute approximate surface area is 177 Å². The van der Waals surface area contributed by atoms with Crippen LogP contribution in [0.15, 0.2) is 53.4 Å². The molecule has 4 rings (SSSR count). The van der Waals surface area contributed by atoms with Gasteiger partial charge in [-0.05, 0) is 30.3 Å². The van der Waals surface area contributed by atoms with E-state index in [2.05, 4.69) is 15.0 Å². The number of rotatable bonds is 5. The second-order valence-corrected chi connectivity index (χ2v) is 8.70. The van der Waals surface area contributed by atoms with Crippen LogP contribution in [0.4, 0.5) is 11.4 Å². The predicted octanol–water partition coefficient (Wildman–Crippen LogP) is 1.72. The highest BCUT2D eigenvalue weighted by molar-refractivity contribution is 7.92. The Kier molecular flexibility index (Phi) is 5.15. The number of aromatic nitrogens is 3. The molecule has 1 aliphatic heterocycles. The van der Waals surface area contributed by atoms with E-state index >= 15 is 0 Å². The first kappa shape index (κ1) is 20.5. The molecule has 2 aromatic carbocycles. The second kappa shape index (κ2) is 7.80. The number of nitrogens with one attached hydrogen (secondary N) is 1. The van der Waals surface area contributed by atoms with Crippen LogP contribution in [0.2, 0.25) is 0 Å². The fourth-order valence-corrected chi connectivity index (χ4v) is 4.46. The van der Waals surface area contributed by atoms with Gasteiger partial charge in [-0.3, -0.25) is 24.3 Å². The van der Waals surface area contributed by atoms with Crippen molar-refractivity contribution >= 4 is 27.3 Å². The van der Waals surface area contributed by atoms with Crippen LogP contribution in [-0.2, 0) is 30.0 Å². The maximum absolute atomic E-state index is 12.8. The predicted molar refractivity (Wildman–Crippen MR) is 110 cm³/mol. The molecule has 1 aromatic heterocycles. The van der Waals surface area contributed by atoms with Crippen LogP contribution < -0.4 is 4.72 Å². The molecule has 0 bridgehead atoms. The van der Waals surface area contributed by atoms with Gasteiger partial charge in [0, 0.05) is 43.4 Å². The molecule has 0 radical (unpaired) electrons. The molecule has 0 aliphatic carbocycles. The molecule has 0 unspecified atom stereocenters. The van der Waals surface area contributed by atoms with E-state index in [0.29, 0.717) is 25.1 Å². The molecule has 0 saturated heterocycles. The Balaban J connectivity index is 1.47. The van der Waals surface area contributed by atoms with Crippen LogP contribution in [0.5, 0.6) is 0 Å². The summed E-state index contributed by atoms with van der Waals surface area (Å²) in [6, 6.07) is 10.8. The van der Waals surface area contributed by atoms with Gasteiger partial charge in [-0.1, -0.05) is 11.3 Å². The van der Waals surface area contributed by atoms with Crippen molar-refractivity contribution in [3.63, 3.8) is 0 Å². The van der Waals surface area contributed by atoms with Gasteiger partial charge in [0.05, 0.1) is 22.1 Å². The van der Waals surface area contributed by atoms with Crippen molar-refractivity contribution in [2.24, 2.45) is 7.05 Å². The number of non-ortho nitro benzene ring substituents is 1. The minimum Gasteiger partial charge on any atom is -0.332 e. The number of nitro benzene ring substituents is 1. The van der Waals surface area contributed by atoms with Gasteiger partial charge in [-0.2, -0.15) is 0 Å². The van der Waals surface area contributed by atoms with Crippen molar-refractivity contribution in [2.45, 2.75) is 17.9 Å². The number of carbonyl (C=O) groups excluding carboxylic acids is 1. The van der Waals surface area contributed by atoms with Crippen molar-refractivity contribution < 1.29 is 18.1 Å². The van der Waals surface area contributed by atoms with E-state index < -0.39 is 14.9 Å². The molecule has 0 saturated carbocycles. The van der Waals surface area contributed by atoms with Gasteiger partial charge >= 0.3 is 0 Å². The first-order valence-electron chi connectivity index (χ1n) is 9.28. The lowest BCUT2D eigenvalue weighted by Gasteiger charge is -2.26. The molecule has 11 nitrogen and oxygen atoms in total. The third-order valence-electron chi connectivity index (χ3n) is 4.99. The van der Waals surface area contributed by atoms with Crippen molar-refractivity contribution in [1.29, 1.82) is 0 Å². The van der Waals surface area contributed by atoms with Crippen LogP contribution in [0.3, 0.4) is 0 Å². The Morgan fingerprint density at radius 3 is 2.65 bits per heavy atom. The number of aryl methyl sites for hydroxylation is 1. The van der Waals surface area contributed by atoms with Gasteiger partial charge in [0.15, 0.2) is 0 Å². The first-order chi connectivity index (χ1) is 14.7. The lowest BCUT2D eigenvalue weighted by molar-refractivity contribution is -0.385. The number of amides is 1. The largest absolute Gasteiger partial charge is 0.332 e. The molecule has 3 aromatic rings. The zero-order valence-corrected chi connectivity index (χ0v) is 17.2. The van der Waals surface area contributed by atoms with Crippen molar-refractivity contribution in [2.75, 3.05) is 11.3 Å². The number of carbonyl (C=O) groups is 1. The molecule has 0 atom stereocenters. The standard InChI is InChI=1S/C19H18N6O5S/c1-23-18-9-10-24(12-17(18)20-22-23)19(26)13-5-7-14(8-6-13)21-31(29,30)16-4-2-3-15(11-16)25(27)28/h2-8,11,21H,9-10,12H2,1H3. The molecule has 1 aliphatic rings. The number of benzene rings is 2. The van der Waals surface area contributed by atoms with Crippen molar-refractivity contribution in [1.82, 2.24) is 19.9 Å². The highest BCUT2D eigenvalue weighted by atomic mass is 32.2. The van der Waals surface area contributed by atoms with Crippen molar-refractivity contribution in [3.8, 4) is 0 Å². The SMILES string of the molecule is Cn1nnc2c1CCN(C(=O)c1ccc(NS(=O)(=O)c3cccc([N+](=O)[O-])c3)cc1)C2. The van der Waals surface area contributed by atoms with Crippen LogP contribution in [0, 0.1) is 10.1 Å². The van der Waals surface area contributed by atoms with Gasteiger partial charge in [-0.15, -0.1) is 5.10 Å². The summed E-state index contributed by atoms with van der Waals surface area (Å²) in [7, 11) is -2.21. The monoisotopic (exact) mass is 442 g/mol. The summed E-state index contributed by atoms with van der Waals surface area (Å²) in [6.07, 6.45) is 0.658. The number of hydrogen-bond acceptors (Lipinski definition) is 7. The number of fused-ring (bicyclic) bond motifs is 1. The van der Waals surface area contributed by atoms with Gasteiger partial charge in [0.25, 0.3) is 21.6 Å². The Hall–Kier alpha value is -3.80. The lowest BCUT2D eigenvalue weighted by Crippen LogP contribution is -2.36. The third kappa shape index (κ3) is 4.10. The van der Waals surface area contributed by atoms with E-state index in [-0.39, 0.29) is 22.2 Å². The third-order valence-corrected chi connectivity index (χ3v) is 6.37. The van der Waals surface area contributed by atoms with Crippen LogP contribution in [0.1, 0.15) is 21.7 Å². The van der Waals surface area contributed by atoms with Crippen LogP contribution >= 0.6 is 0 Å². The molecule has 1 amide bonds. The zero-order valence-electron chi connectivity index (χ0n) is 16.4. The molecule has 160 valence electrons. The number of hydrogen-bond donors (Lipinski definition) is 1. The summed E-state index contributed by atoms with van der Waals surface area (Å²) in [4.78, 5) is 24.5. The van der Waals surface area contributed by atoms with Crippen LogP contribution in [-0.4, -0.2) is 45.7 Å². The summed E-state index contributed by atoms with van der Waals surface area (Å²) in [5.41, 5.74) is 2.10. The summed E-state index contributed by atoms with van der Waals surface area (Å²) in [5.74, 6) is -0.190. The number of sulfonamides is 1. The minimum atomic E-state index is -4.02. The van der Waals surface area contributed by atoms with E-state index in [4.69, 9.17) is 0 Å². The lowest BCUT2D eigenvalue weighted by atomic mass is 10.1. The summed E-state index contributed by atoms with van der Waals surface area (Å²) >= 11 is 0. The molecule has 0 spiro atoms. The molecule has 0 fully saturated rings. The van der Waals surface area contributed by atoms with Gasteiger partial charge in [0.1, 0.15) is 5.69 Å². The summed E-state index contributed by atoms with van der Waals surface area (Å²) in [5, 5.41) is 18.9. The fraction of sp³-hybridized carbons (Fsp3) is 0.211. The molecular formula is C19H18N6O5S. The highest BCUT2D eigenvalue weighted by Crippen LogP contribution is 2.22. The fourth-order valence-electron chi connectivity index (χ4n) is 3.36. The number of nitro groups is 1. The quantitative estimate of drug-likeness (QED) is 0.468. The maximum Gasteiger partial charge on any atom is 0.270 e. The highest BCUT2D eigenvalue weighted by Gasteiger charge is 2.25. The molecule has 31 heavy (non-hydrogen) atoms. The average molecular weight is 442 g/mol. The normalized spacial score (nSPS) is 13.5. The second-order valence-electron chi connectivity index (χ2n) is 7.02.